The second-order valence-corrected chi connectivity index (χ2v) is 9.75. The van der Waals surface area contributed by atoms with E-state index >= 15 is 0 Å². The Kier molecular flexibility index (Phi) is 6.80. The van der Waals surface area contributed by atoms with Gasteiger partial charge in [-0.3, -0.25) is 14.5 Å². The molecule has 3 N–H and O–H groups in total. The lowest BCUT2D eigenvalue weighted by molar-refractivity contribution is -0.135. The van der Waals surface area contributed by atoms with E-state index in [0.29, 0.717) is 63.2 Å². The molecule has 3 aliphatic rings. The van der Waals surface area contributed by atoms with Gasteiger partial charge in [-0.2, -0.15) is 0 Å². The fraction of sp³-hybridized carbons (Fsp3) is 0.625. The van der Waals surface area contributed by atoms with Crippen molar-refractivity contribution in [1.82, 2.24) is 15.1 Å². The number of hydrogen-bond donors (Lipinski definition) is 2. The highest BCUT2D eigenvalue weighted by molar-refractivity contribution is 5.90. The number of nitrogen functional groups attached to an aromatic ring is 1. The van der Waals surface area contributed by atoms with Crippen LogP contribution in [0.25, 0.3) is 0 Å². The number of nitrogens with two attached hydrogens (primary N) is 1. The minimum atomic E-state index is -2.61. The lowest BCUT2D eigenvalue weighted by atomic mass is 9.82. The molecule has 2 aliphatic carbocycles. The van der Waals surface area contributed by atoms with Crippen LogP contribution in [0.5, 0.6) is 0 Å². The van der Waals surface area contributed by atoms with Crippen LogP contribution in [0.1, 0.15) is 48.0 Å². The Labute approximate surface area is 197 Å². The molecule has 186 valence electrons. The van der Waals surface area contributed by atoms with Crippen molar-refractivity contribution in [3.05, 3.63) is 29.3 Å². The van der Waals surface area contributed by atoms with Gasteiger partial charge in [-0.15, -0.1) is 0 Å². The number of ether oxygens (including phenoxy) is 1. The third kappa shape index (κ3) is 5.32. The number of halogens is 2. The van der Waals surface area contributed by atoms with Crippen LogP contribution in [-0.2, 0) is 20.9 Å². The molecule has 1 aromatic rings. The van der Waals surface area contributed by atoms with Crippen molar-refractivity contribution >= 4 is 23.5 Å². The van der Waals surface area contributed by atoms with Crippen molar-refractivity contribution in [2.45, 2.75) is 44.6 Å². The van der Waals surface area contributed by atoms with Gasteiger partial charge in [-0.1, -0.05) is 0 Å². The molecule has 8 nitrogen and oxygen atoms in total. The van der Waals surface area contributed by atoms with Crippen molar-refractivity contribution in [2.75, 3.05) is 45.6 Å². The number of carbonyl (C=O) groups is 3. The molecule has 1 heterocycles. The Hall–Kier alpha value is -2.75. The molecular weight excluding hydrogens is 446 g/mol. The van der Waals surface area contributed by atoms with Crippen molar-refractivity contribution in [3.63, 3.8) is 0 Å². The third-order valence-electron chi connectivity index (χ3n) is 7.58. The van der Waals surface area contributed by atoms with E-state index in [1.807, 2.05) is 0 Å². The number of alkyl halides is 2. The first-order valence-corrected chi connectivity index (χ1v) is 11.7. The first-order valence-electron chi connectivity index (χ1n) is 11.7. The van der Waals surface area contributed by atoms with Crippen LogP contribution in [0.2, 0.25) is 0 Å². The van der Waals surface area contributed by atoms with Crippen molar-refractivity contribution < 1.29 is 27.9 Å². The fourth-order valence-corrected chi connectivity index (χ4v) is 5.17. The Balaban J connectivity index is 1.20. The fourth-order valence-electron chi connectivity index (χ4n) is 5.17. The molecule has 1 atom stereocenters. The Morgan fingerprint density at radius 2 is 1.79 bits per heavy atom. The Bertz CT molecular complexity index is 952. The standard InChI is InChI=1S/C24H32F2N4O4/c1-34-22(33)16-2-3-19(27)17(12-16)15-29-8-10-30(11-9-29)20(31)14-28-21(32)18-13-23(18)4-6-24(25,26)7-5-23/h2-3,12,18H,4-11,13-15,27H2,1H3,(H,28,32). The van der Waals surface area contributed by atoms with E-state index in [-0.39, 0.29) is 42.5 Å². The van der Waals surface area contributed by atoms with E-state index in [1.165, 1.54) is 7.11 Å². The SMILES string of the molecule is COC(=O)c1ccc(N)c(CN2CCN(C(=O)CNC(=O)C3CC34CCC(F)(F)CC4)CC2)c1. The van der Waals surface area contributed by atoms with E-state index in [0.717, 1.165) is 5.56 Å². The summed E-state index contributed by atoms with van der Waals surface area (Å²) in [5.41, 5.74) is 7.64. The molecule has 0 bridgehead atoms. The predicted octanol–water partition coefficient (Wildman–Crippen LogP) is 2.03. The minimum absolute atomic E-state index is 0.0737. The summed E-state index contributed by atoms with van der Waals surface area (Å²) in [6, 6.07) is 5.04. The zero-order valence-electron chi connectivity index (χ0n) is 19.4. The second-order valence-electron chi connectivity index (χ2n) is 9.75. The monoisotopic (exact) mass is 478 g/mol. The van der Waals surface area contributed by atoms with Crippen LogP contribution < -0.4 is 11.1 Å². The van der Waals surface area contributed by atoms with Crippen molar-refractivity contribution in [3.8, 4) is 0 Å². The van der Waals surface area contributed by atoms with Crippen LogP contribution in [0.3, 0.4) is 0 Å². The molecule has 2 amide bonds. The number of nitrogens with zero attached hydrogens (tertiary/aromatic N) is 2. The molecule has 10 heteroatoms. The summed E-state index contributed by atoms with van der Waals surface area (Å²) in [6.45, 7) is 2.80. The highest BCUT2D eigenvalue weighted by atomic mass is 19.3. The molecule has 3 fully saturated rings. The maximum absolute atomic E-state index is 13.4. The zero-order valence-corrected chi connectivity index (χ0v) is 19.4. The molecule has 1 saturated heterocycles. The number of piperazine rings is 1. The summed E-state index contributed by atoms with van der Waals surface area (Å²) in [5, 5.41) is 2.72. The van der Waals surface area contributed by atoms with Gasteiger partial charge in [0.1, 0.15) is 0 Å². The van der Waals surface area contributed by atoms with Gasteiger partial charge in [0.2, 0.25) is 17.7 Å². The highest BCUT2D eigenvalue weighted by Gasteiger charge is 2.60. The van der Waals surface area contributed by atoms with Crippen LogP contribution in [0, 0.1) is 11.3 Å². The topological polar surface area (TPSA) is 105 Å². The van der Waals surface area contributed by atoms with Crippen LogP contribution >= 0.6 is 0 Å². The van der Waals surface area contributed by atoms with E-state index in [9.17, 15) is 23.2 Å². The number of hydrogen-bond acceptors (Lipinski definition) is 6. The first kappa shape index (κ1) is 24.4. The second kappa shape index (κ2) is 9.48. The maximum atomic E-state index is 13.4. The summed E-state index contributed by atoms with van der Waals surface area (Å²) >= 11 is 0. The van der Waals surface area contributed by atoms with Gasteiger partial charge in [0.25, 0.3) is 0 Å². The smallest absolute Gasteiger partial charge is 0.337 e. The van der Waals surface area contributed by atoms with E-state index < -0.39 is 11.9 Å². The number of anilines is 1. The van der Waals surface area contributed by atoms with Gasteiger partial charge in [0.15, 0.2) is 0 Å². The summed E-state index contributed by atoms with van der Waals surface area (Å²) < 4.78 is 31.6. The zero-order chi connectivity index (χ0) is 24.5. The number of esters is 1. The van der Waals surface area contributed by atoms with Crippen molar-refractivity contribution in [1.29, 1.82) is 0 Å². The molecule has 0 aromatic heterocycles. The lowest BCUT2D eigenvalue weighted by Crippen LogP contribution is -2.51. The molecule has 1 aromatic carbocycles. The van der Waals surface area contributed by atoms with E-state index in [4.69, 9.17) is 10.5 Å². The molecule has 1 unspecified atom stereocenters. The summed E-state index contributed by atoms with van der Waals surface area (Å²) in [4.78, 5) is 40.7. The largest absolute Gasteiger partial charge is 0.465 e. The van der Waals surface area contributed by atoms with Gasteiger partial charge in [-0.25, -0.2) is 13.6 Å². The number of methoxy groups -OCH3 is 1. The highest BCUT2D eigenvalue weighted by Crippen LogP contribution is 2.63. The van der Waals surface area contributed by atoms with Crippen LogP contribution in [-0.4, -0.2) is 73.3 Å². The average Bonchev–Trinajstić information content (AvgIpc) is 3.55. The summed E-state index contributed by atoms with van der Waals surface area (Å²) in [6.07, 6.45) is 1.08. The number of amides is 2. The molecule has 34 heavy (non-hydrogen) atoms. The number of carbonyl (C=O) groups excluding carboxylic acids is 3. The minimum Gasteiger partial charge on any atom is -0.465 e. The maximum Gasteiger partial charge on any atom is 0.337 e. The first-order chi connectivity index (χ1) is 16.1. The Morgan fingerprint density at radius 3 is 2.44 bits per heavy atom. The number of benzene rings is 1. The van der Waals surface area contributed by atoms with Crippen molar-refractivity contribution in [2.24, 2.45) is 11.3 Å². The number of nitrogens with one attached hydrogen (secondary N) is 1. The molecule has 1 aliphatic heterocycles. The molecule has 1 spiro atoms. The molecule has 0 radical (unpaired) electrons. The van der Waals surface area contributed by atoms with Gasteiger partial charge in [0.05, 0.1) is 19.2 Å². The molecular formula is C24H32F2N4O4. The lowest BCUT2D eigenvalue weighted by Gasteiger charge is -2.35. The third-order valence-corrected chi connectivity index (χ3v) is 7.58. The quantitative estimate of drug-likeness (QED) is 0.479. The molecule has 4 rings (SSSR count). The Morgan fingerprint density at radius 1 is 1.12 bits per heavy atom. The summed E-state index contributed by atoms with van der Waals surface area (Å²) in [7, 11) is 1.33. The van der Waals surface area contributed by atoms with Gasteiger partial charge in [0, 0.05) is 57.2 Å². The van der Waals surface area contributed by atoms with E-state index in [1.54, 1.807) is 23.1 Å². The van der Waals surface area contributed by atoms with Gasteiger partial charge >= 0.3 is 5.97 Å². The summed E-state index contributed by atoms with van der Waals surface area (Å²) in [5.74, 6) is -3.62. The normalized spacial score (nSPS) is 23.4. The van der Waals surface area contributed by atoms with Crippen LogP contribution in [0.4, 0.5) is 14.5 Å². The van der Waals surface area contributed by atoms with Gasteiger partial charge in [-0.05, 0) is 48.4 Å². The van der Waals surface area contributed by atoms with Gasteiger partial charge < -0.3 is 20.7 Å². The van der Waals surface area contributed by atoms with Crippen LogP contribution in [0.15, 0.2) is 18.2 Å². The average molecular weight is 479 g/mol. The molecule has 2 saturated carbocycles. The van der Waals surface area contributed by atoms with E-state index in [2.05, 4.69) is 10.2 Å². The number of rotatable bonds is 6. The predicted molar refractivity (Wildman–Crippen MR) is 121 cm³/mol.